The molecule has 4 nitrogen and oxygen atoms in total. The lowest BCUT2D eigenvalue weighted by Crippen LogP contribution is -2.47. The molecule has 2 fully saturated rings. The van der Waals surface area contributed by atoms with Gasteiger partial charge in [0.25, 0.3) is 0 Å². The van der Waals surface area contributed by atoms with E-state index in [1.165, 1.54) is 0 Å². The standard InChI is InChI=1S/C12H13F3N2O2S/c13-12(14,15)10-9(7-1-2-7)20-11(16-10)17-4-6(5-17)3-8(18)19/h6-7H,1-5H2,(H,18,19). The molecule has 1 aromatic heterocycles. The van der Waals surface area contributed by atoms with Gasteiger partial charge in [0.2, 0.25) is 0 Å². The molecule has 2 heterocycles. The van der Waals surface area contributed by atoms with Gasteiger partial charge in [-0.25, -0.2) is 4.98 Å². The number of aromatic nitrogens is 1. The van der Waals surface area contributed by atoms with E-state index in [-0.39, 0.29) is 18.3 Å². The van der Waals surface area contributed by atoms with Crippen LogP contribution in [-0.4, -0.2) is 29.1 Å². The van der Waals surface area contributed by atoms with Crippen LogP contribution in [0.25, 0.3) is 0 Å². The van der Waals surface area contributed by atoms with E-state index in [1.807, 2.05) is 0 Å². The van der Waals surface area contributed by atoms with Crippen LogP contribution < -0.4 is 4.90 Å². The van der Waals surface area contributed by atoms with Crippen molar-refractivity contribution in [2.24, 2.45) is 5.92 Å². The average molecular weight is 306 g/mol. The number of hydrogen-bond acceptors (Lipinski definition) is 4. The van der Waals surface area contributed by atoms with Crippen LogP contribution in [0, 0.1) is 5.92 Å². The number of hydrogen-bond donors (Lipinski definition) is 1. The van der Waals surface area contributed by atoms with Gasteiger partial charge < -0.3 is 10.0 Å². The SMILES string of the molecule is O=C(O)CC1CN(c2nc(C(F)(F)F)c(C3CC3)s2)C1. The summed E-state index contributed by atoms with van der Waals surface area (Å²) in [6, 6.07) is 0. The van der Waals surface area contributed by atoms with Crippen molar-refractivity contribution < 1.29 is 23.1 Å². The van der Waals surface area contributed by atoms with E-state index >= 15 is 0 Å². The minimum atomic E-state index is -4.40. The lowest BCUT2D eigenvalue weighted by molar-refractivity contribution is -0.141. The lowest BCUT2D eigenvalue weighted by Gasteiger charge is -2.38. The number of rotatable bonds is 4. The maximum atomic E-state index is 12.9. The number of carbonyl (C=O) groups is 1. The first-order valence-corrected chi connectivity index (χ1v) is 7.21. The van der Waals surface area contributed by atoms with Crippen LogP contribution in [0.4, 0.5) is 18.3 Å². The topological polar surface area (TPSA) is 53.4 Å². The molecule has 0 spiro atoms. The normalized spacial score (nSPS) is 20.1. The summed E-state index contributed by atoms with van der Waals surface area (Å²) in [4.78, 5) is 16.4. The van der Waals surface area contributed by atoms with Gasteiger partial charge in [0.05, 0.1) is 6.42 Å². The average Bonchev–Trinajstić information content (AvgIpc) is 3.01. The van der Waals surface area contributed by atoms with Crippen LogP contribution in [0.1, 0.15) is 35.8 Å². The van der Waals surface area contributed by atoms with Crippen molar-refractivity contribution in [2.45, 2.75) is 31.4 Å². The predicted molar refractivity (Wildman–Crippen MR) is 67.0 cm³/mol. The number of halogens is 3. The molecule has 2 aliphatic rings. The third-order valence-electron chi connectivity index (χ3n) is 3.55. The zero-order valence-corrected chi connectivity index (χ0v) is 11.3. The van der Waals surface area contributed by atoms with E-state index in [1.54, 1.807) is 4.90 Å². The van der Waals surface area contributed by atoms with Gasteiger partial charge in [-0.3, -0.25) is 4.79 Å². The third-order valence-corrected chi connectivity index (χ3v) is 4.83. The largest absolute Gasteiger partial charge is 0.481 e. The zero-order chi connectivity index (χ0) is 14.5. The number of aliphatic carboxylic acids is 1. The second kappa shape index (κ2) is 4.61. The summed E-state index contributed by atoms with van der Waals surface area (Å²) in [5, 5.41) is 9.04. The molecule has 0 radical (unpaired) electrons. The quantitative estimate of drug-likeness (QED) is 0.929. The van der Waals surface area contributed by atoms with Gasteiger partial charge in [-0.2, -0.15) is 13.2 Å². The summed E-state index contributed by atoms with van der Waals surface area (Å²) in [5.41, 5.74) is -0.748. The molecule has 0 atom stereocenters. The number of carboxylic acid groups (broad SMARTS) is 1. The first-order chi connectivity index (χ1) is 9.34. The van der Waals surface area contributed by atoms with Crippen LogP contribution in [0.2, 0.25) is 0 Å². The zero-order valence-electron chi connectivity index (χ0n) is 10.5. The van der Waals surface area contributed by atoms with Gasteiger partial charge in [-0.15, -0.1) is 11.3 Å². The monoisotopic (exact) mass is 306 g/mol. The van der Waals surface area contributed by atoms with Crippen LogP contribution in [0.3, 0.4) is 0 Å². The first kappa shape index (κ1) is 13.7. The molecule has 1 saturated heterocycles. The molecule has 0 aromatic carbocycles. The van der Waals surface area contributed by atoms with E-state index in [2.05, 4.69) is 4.98 Å². The molecule has 1 saturated carbocycles. The summed E-state index contributed by atoms with van der Waals surface area (Å²) in [7, 11) is 0. The number of anilines is 1. The minimum Gasteiger partial charge on any atom is -0.481 e. The fraction of sp³-hybridized carbons (Fsp3) is 0.667. The summed E-state index contributed by atoms with van der Waals surface area (Å²) < 4.78 is 38.8. The van der Waals surface area contributed by atoms with Gasteiger partial charge in [0, 0.05) is 23.9 Å². The van der Waals surface area contributed by atoms with Gasteiger partial charge in [0.15, 0.2) is 10.8 Å². The van der Waals surface area contributed by atoms with Crippen LogP contribution >= 0.6 is 11.3 Å². The lowest BCUT2D eigenvalue weighted by atomic mass is 9.97. The van der Waals surface area contributed by atoms with Gasteiger partial charge in [-0.05, 0) is 18.8 Å². The van der Waals surface area contributed by atoms with Crippen LogP contribution in [0.15, 0.2) is 0 Å². The Labute approximate surface area is 117 Å². The Kier molecular flexibility index (Phi) is 3.15. The van der Waals surface area contributed by atoms with Crippen molar-refractivity contribution in [1.29, 1.82) is 0 Å². The summed E-state index contributed by atoms with van der Waals surface area (Å²) in [6.45, 7) is 0.947. The molecule has 20 heavy (non-hydrogen) atoms. The van der Waals surface area contributed by atoms with E-state index < -0.39 is 17.8 Å². The number of alkyl halides is 3. The Morgan fingerprint density at radius 3 is 2.55 bits per heavy atom. The fourth-order valence-electron chi connectivity index (χ4n) is 2.38. The van der Waals surface area contributed by atoms with E-state index in [4.69, 9.17) is 5.11 Å². The highest BCUT2D eigenvalue weighted by atomic mass is 32.1. The van der Waals surface area contributed by atoms with Crippen molar-refractivity contribution in [3.63, 3.8) is 0 Å². The molecule has 1 aromatic rings. The Hall–Kier alpha value is -1.31. The number of carboxylic acids is 1. The molecule has 8 heteroatoms. The van der Waals surface area contributed by atoms with E-state index in [0.29, 0.717) is 23.1 Å². The van der Waals surface area contributed by atoms with Gasteiger partial charge >= 0.3 is 12.1 Å². The molecule has 1 N–H and O–H groups in total. The first-order valence-electron chi connectivity index (χ1n) is 6.39. The van der Waals surface area contributed by atoms with Crippen LogP contribution in [-0.2, 0) is 11.0 Å². The highest BCUT2D eigenvalue weighted by Crippen LogP contribution is 2.50. The summed E-state index contributed by atoms with van der Waals surface area (Å²) in [5.74, 6) is -0.854. The fourth-order valence-corrected chi connectivity index (χ4v) is 3.66. The Bertz CT molecular complexity index is 533. The van der Waals surface area contributed by atoms with Crippen LogP contribution in [0.5, 0.6) is 0 Å². The molecule has 1 aliphatic carbocycles. The molecule has 3 rings (SSSR count). The molecular formula is C12H13F3N2O2S. The van der Waals surface area contributed by atoms with Gasteiger partial charge in [-0.1, -0.05) is 0 Å². The summed E-state index contributed by atoms with van der Waals surface area (Å²) in [6.07, 6.45) is -2.75. The molecule has 1 aliphatic heterocycles. The predicted octanol–water partition coefficient (Wildman–Crippen LogP) is 2.95. The van der Waals surface area contributed by atoms with Crippen molar-refractivity contribution in [3.05, 3.63) is 10.6 Å². The third kappa shape index (κ3) is 2.61. The highest BCUT2D eigenvalue weighted by Gasteiger charge is 2.43. The highest BCUT2D eigenvalue weighted by molar-refractivity contribution is 7.15. The van der Waals surface area contributed by atoms with Crippen molar-refractivity contribution in [3.8, 4) is 0 Å². The van der Waals surface area contributed by atoms with E-state index in [9.17, 15) is 18.0 Å². The Morgan fingerprint density at radius 2 is 2.05 bits per heavy atom. The molecular weight excluding hydrogens is 293 g/mol. The van der Waals surface area contributed by atoms with Crippen molar-refractivity contribution in [2.75, 3.05) is 18.0 Å². The number of nitrogens with zero attached hydrogens (tertiary/aromatic N) is 2. The second-order valence-electron chi connectivity index (χ2n) is 5.35. The Balaban J connectivity index is 1.74. The van der Waals surface area contributed by atoms with E-state index in [0.717, 1.165) is 24.2 Å². The molecule has 110 valence electrons. The number of thiazole rings is 1. The second-order valence-corrected chi connectivity index (χ2v) is 6.36. The van der Waals surface area contributed by atoms with Crippen molar-refractivity contribution >= 4 is 22.4 Å². The maximum absolute atomic E-state index is 12.9. The minimum absolute atomic E-state index is 0.00830. The molecule has 0 bridgehead atoms. The van der Waals surface area contributed by atoms with Crippen molar-refractivity contribution in [1.82, 2.24) is 4.98 Å². The molecule has 0 unspecified atom stereocenters. The smallest absolute Gasteiger partial charge is 0.434 e. The maximum Gasteiger partial charge on any atom is 0.434 e. The summed E-state index contributed by atoms with van der Waals surface area (Å²) >= 11 is 1.11. The Morgan fingerprint density at radius 1 is 1.40 bits per heavy atom. The van der Waals surface area contributed by atoms with Gasteiger partial charge in [0.1, 0.15) is 0 Å². The molecule has 0 amide bonds.